The Balaban J connectivity index is 0. The molecular formula is C13H15Cl2O2Ti-. The standard InChI is InChI=1S/C13H13O2.2ClH.Ti/c1-14-11-7-8-12(13(9-11)15-2)10-5-3-4-6-10;;;/h3,5,7-9H,4H2,1-2H3;2*1H;/q-1;;;. The Morgan fingerprint density at radius 1 is 1.11 bits per heavy atom. The quantitative estimate of drug-likeness (QED) is 0.624. The van der Waals surface area contributed by atoms with E-state index in [4.69, 9.17) is 9.47 Å². The molecular weight excluding hydrogens is 307 g/mol. The van der Waals surface area contributed by atoms with Gasteiger partial charge in [-0.15, -0.1) is 37.0 Å². The van der Waals surface area contributed by atoms with E-state index in [1.807, 2.05) is 18.2 Å². The van der Waals surface area contributed by atoms with Gasteiger partial charge >= 0.3 is 0 Å². The Morgan fingerprint density at radius 3 is 2.33 bits per heavy atom. The summed E-state index contributed by atoms with van der Waals surface area (Å²) in [6.45, 7) is 0. The smallest absolute Gasteiger partial charge is 0.120 e. The molecule has 1 aromatic carbocycles. The van der Waals surface area contributed by atoms with Crippen LogP contribution in [0.25, 0.3) is 5.57 Å². The van der Waals surface area contributed by atoms with Gasteiger partial charge in [0.25, 0.3) is 0 Å². The largest absolute Gasteiger partial charge is 0.509 e. The van der Waals surface area contributed by atoms with Gasteiger partial charge in [-0.2, -0.15) is 17.7 Å². The fraction of sp³-hybridized carbons (Fsp3) is 0.231. The molecule has 1 aliphatic carbocycles. The van der Waals surface area contributed by atoms with E-state index in [1.54, 1.807) is 14.2 Å². The Morgan fingerprint density at radius 2 is 1.83 bits per heavy atom. The molecule has 2 nitrogen and oxygen atoms in total. The maximum absolute atomic E-state index is 5.33. The third-order valence-corrected chi connectivity index (χ3v) is 2.39. The number of methoxy groups -OCH3 is 2. The summed E-state index contributed by atoms with van der Waals surface area (Å²) in [5.41, 5.74) is 2.15. The van der Waals surface area contributed by atoms with Crippen LogP contribution in [0.15, 0.2) is 30.4 Å². The van der Waals surface area contributed by atoms with E-state index < -0.39 is 0 Å². The average Bonchev–Trinajstić information content (AvgIpc) is 2.81. The molecule has 2 rings (SSSR count). The first-order chi connectivity index (χ1) is 7.35. The van der Waals surface area contributed by atoms with Crippen molar-refractivity contribution in [2.75, 3.05) is 14.2 Å². The Labute approximate surface area is 135 Å². The van der Waals surface area contributed by atoms with Crippen LogP contribution in [0.3, 0.4) is 0 Å². The van der Waals surface area contributed by atoms with E-state index in [-0.39, 0.29) is 46.5 Å². The first kappa shape index (κ1) is 19.9. The van der Waals surface area contributed by atoms with Crippen molar-refractivity contribution in [1.29, 1.82) is 0 Å². The van der Waals surface area contributed by atoms with Crippen molar-refractivity contribution in [1.82, 2.24) is 0 Å². The minimum absolute atomic E-state index is 0. The van der Waals surface area contributed by atoms with E-state index in [0.29, 0.717) is 0 Å². The van der Waals surface area contributed by atoms with Crippen molar-refractivity contribution in [2.24, 2.45) is 0 Å². The topological polar surface area (TPSA) is 18.5 Å². The summed E-state index contributed by atoms with van der Waals surface area (Å²) in [6.07, 6.45) is 8.29. The van der Waals surface area contributed by atoms with Crippen LogP contribution in [-0.2, 0) is 21.7 Å². The third kappa shape index (κ3) is 4.36. The predicted octanol–water partition coefficient (Wildman–Crippen LogP) is 3.69. The molecule has 18 heavy (non-hydrogen) atoms. The number of halogens is 2. The maximum atomic E-state index is 5.33. The van der Waals surface area contributed by atoms with Crippen molar-refractivity contribution in [3.8, 4) is 11.5 Å². The molecule has 1 aromatic rings. The molecule has 0 bridgehead atoms. The Bertz CT molecular complexity index is 431. The first-order valence-electron chi connectivity index (χ1n) is 4.85. The van der Waals surface area contributed by atoms with Crippen LogP contribution in [0.5, 0.6) is 11.5 Å². The molecule has 0 aliphatic heterocycles. The molecule has 0 saturated heterocycles. The molecule has 5 heteroatoms. The Kier molecular flexibility index (Phi) is 10.5. The number of benzene rings is 1. The second-order valence-electron chi connectivity index (χ2n) is 3.26. The maximum Gasteiger partial charge on any atom is 0.120 e. The number of hydrogen-bond acceptors (Lipinski definition) is 2. The molecule has 0 amide bonds. The molecule has 0 heterocycles. The van der Waals surface area contributed by atoms with E-state index in [2.05, 4.69) is 18.2 Å². The van der Waals surface area contributed by atoms with Crippen molar-refractivity contribution in [3.05, 3.63) is 42.0 Å². The number of hydrogen-bond donors (Lipinski definition) is 0. The van der Waals surface area contributed by atoms with Crippen LogP contribution in [0.1, 0.15) is 12.0 Å². The van der Waals surface area contributed by atoms with Crippen LogP contribution in [0.2, 0.25) is 0 Å². The normalized spacial score (nSPS) is 11.6. The molecule has 0 saturated carbocycles. The second kappa shape index (κ2) is 9.51. The van der Waals surface area contributed by atoms with Gasteiger partial charge in [-0.25, -0.2) is 0 Å². The van der Waals surface area contributed by atoms with E-state index in [0.717, 1.165) is 29.1 Å². The van der Waals surface area contributed by atoms with E-state index in [9.17, 15) is 0 Å². The van der Waals surface area contributed by atoms with E-state index in [1.165, 1.54) is 0 Å². The summed E-state index contributed by atoms with van der Waals surface area (Å²) in [5, 5.41) is 0. The summed E-state index contributed by atoms with van der Waals surface area (Å²) in [4.78, 5) is 0. The summed E-state index contributed by atoms with van der Waals surface area (Å²) >= 11 is 0. The van der Waals surface area contributed by atoms with Crippen LogP contribution in [0, 0.1) is 6.08 Å². The number of rotatable bonds is 3. The minimum atomic E-state index is 0. The molecule has 0 aromatic heterocycles. The fourth-order valence-electron chi connectivity index (χ4n) is 1.61. The monoisotopic (exact) mass is 321 g/mol. The molecule has 0 N–H and O–H groups in total. The third-order valence-electron chi connectivity index (χ3n) is 2.39. The minimum Gasteiger partial charge on any atom is -0.509 e. The Hall–Kier alpha value is -0.406. The predicted molar refractivity (Wildman–Crippen MR) is 74.4 cm³/mol. The van der Waals surface area contributed by atoms with Gasteiger partial charge in [-0.05, 0) is 6.07 Å². The van der Waals surface area contributed by atoms with Crippen LogP contribution in [-0.4, -0.2) is 14.2 Å². The van der Waals surface area contributed by atoms with E-state index >= 15 is 0 Å². The van der Waals surface area contributed by atoms with Crippen LogP contribution < -0.4 is 9.47 Å². The van der Waals surface area contributed by atoms with Gasteiger partial charge < -0.3 is 9.47 Å². The van der Waals surface area contributed by atoms with Crippen molar-refractivity contribution >= 4 is 30.4 Å². The molecule has 0 unspecified atom stereocenters. The number of allylic oxidation sites excluding steroid dienone is 4. The average molecular weight is 322 g/mol. The fourth-order valence-corrected chi connectivity index (χ4v) is 1.61. The van der Waals surface area contributed by atoms with Crippen molar-refractivity contribution in [3.63, 3.8) is 0 Å². The second-order valence-corrected chi connectivity index (χ2v) is 3.26. The summed E-state index contributed by atoms with van der Waals surface area (Å²) in [5.74, 6) is 1.63. The van der Waals surface area contributed by atoms with Gasteiger partial charge in [-0.1, -0.05) is 12.0 Å². The molecule has 0 radical (unpaired) electrons. The van der Waals surface area contributed by atoms with Crippen LogP contribution >= 0.6 is 24.8 Å². The molecule has 0 spiro atoms. The van der Waals surface area contributed by atoms with Crippen LogP contribution in [0.4, 0.5) is 0 Å². The zero-order valence-corrected chi connectivity index (χ0v) is 13.4. The molecule has 0 atom stereocenters. The van der Waals surface area contributed by atoms with Gasteiger partial charge in [0, 0.05) is 27.8 Å². The zero-order chi connectivity index (χ0) is 10.7. The summed E-state index contributed by atoms with van der Waals surface area (Å²) in [7, 11) is 3.31. The molecule has 1 aliphatic rings. The first-order valence-corrected chi connectivity index (χ1v) is 4.85. The molecule has 0 fully saturated rings. The van der Waals surface area contributed by atoms with Gasteiger partial charge in [0.15, 0.2) is 0 Å². The van der Waals surface area contributed by atoms with Gasteiger partial charge in [-0.3, -0.25) is 0 Å². The zero-order valence-electron chi connectivity index (χ0n) is 10.2. The van der Waals surface area contributed by atoms with Gasteiger partial charge in [0.1, 0.15) is 5.75 Å². The van der Waals surface area contributed by atoms with Gasteiger partial charge in [0.2, 0.25) is 0 Å². The number of ether oxygens (including phenoxy) is 2. The SMILES string of the molecule is COc1ccc(C2=[C-]CC=C2)c(OC)c1.Cl.Cl.[Ti]. The van der Waals surface area contributed by atoms with Crippen molar-refractivity contribution in [2.45, 2.75) is 6.42 Å². The summed E-state index contributed by atoms with van der Waals surface area (Å²) in [6, 6.07) is 5.81. The van der Waals surface area contributed by atoms with Gasteiger partial charge in [0.05, 0.1) is 20.0 Å². The summed E-state index contributed by atoms with van der Waals surface area (Å²) < 4.78 is 10.5. The van der Waals surface area contributed by atoms with Crippen molar-refractivity contribution < 1.29 is 31.2 Å². The molecule has 98 valence electrons.